The molecule has 0 bridgehead atoms. The van der Waals surface area contributed by atoms with Gasteiger partial charge < -0.3 is 16.0 Å². The zero-order chi connectivity index (χ0) is 16.8. The molecule has 1 aromatic heterocycles. The van der Waals surface area contributed by atoms with Crippen molar-refractivity contribution in [2.45, 2.75) is 45.1 Å². The molecule has 1 fully saturated rings. The van der Waals surface area contributed by atoms with Crippen LogP contribution in [0.5, 0.6) is 0 Å². The summed E-state index contributed by atoms with van der Waals surface area (Å²) in [4.78, 5) is 16.4. The molecule has 2 aromatic rings. The van der Waals surface area contributed by atoms with E-state index in [4.69, 9.17) is 0 Å². The minimum Gasteiger partial charge on any atom is -0.340 e. The van der Waals surface area contributed by atoms with Crippen molar-refractivity contribution in [3.63, 3.8) is 0 Å². The fraction of sp³-hybridized carbons (Fsp3) is 0.368. The standard InChI is InChI=1S/C19H24N4O/c1-14-6-5-9-16(12-14)21-18-11-10-17(13-20-18)23-19(24)22-15-7-3-2-4-8-15/h5-6,9-13,15H,2-4,7-8H2,1H3,(H,20,21)(H2,22,23,24). The average Bonchev–Trinajstić information content (AvgIpc) is 2.57. The summed E-state index contributed by atoms with van der Waals surface area (Å²) in [5, 5.41) is 9.14. The minimum absolute atomic E-state index is 0.150. The van der Waals surface area contributed by atoms with Gasteiger partial charge in [0, 0.05) is 11.7 Å². The summed E-state index contributed by atoms with van der Waals surface area (Å²) in [5.74, 6) is 0.749. The minimum atomic E-state index is -0.150. The van der Waals surface area contributed by atoms with Crippen molar-refractivity contribution in [3.8, 4) is 0 Å². The van der Waals surface area contributed by atoms with Crippen LogP contribution in [0, 0.1) is 6.92 Å². The van der Waals surface area contributed by atoms with E-state index in [0.29, 0.717) is 11.7 Å². The van der Waals surface area contributed by atoms with E-state index in [-0.39, 0.29) is 6.03 Å². The Morgan fingerprint density at radius 1 is 1.08 bits per heavy atom. The first-order chi connectivity index (χ1) is 11.7. The smallest absolute Gasteiger partial charge is 0.319 e. The van der Waals surface area contributed by atoms with Crippen molar-refractivity contribution in [2.24, 2.45) is 0 Å². The number of aromatic nitrogens is 1. The molecule has 2 amide bonds. The molecule has 1 aliphatic carbocycles. The highest BCUT2D eigenvalue weighted by Gasteiger charge is 2.15. The summed E-state index contributed by atoms with van der Waals surface area (Å²) in [6, 6.07) is 12.0. The fourth-order valence-corrected chi connectivity index (χ4v) is 3.01. The van der Waals surface area contributed by atoms with Crippen LogP contribution in [0.1, 0.15) is 37.7 Å². The topological polar surface area (TPSA) is 66.0 Å². The molecule has 1 saturated carbocycles. The molecule has 1 aromatic carbocycles. The van der Waals surface area contributed by atoms with Gasteiger partial charge in [-0.3, -0.25) is 0 Å². The number of aryl methyl sites for hydroxylation is 1. The predicted octanol–water partition coefficient (Wildman–Crippen LogP) is 4.59. The quantitative estimate of drug-likeness (QED) is 0.770. The van der Waals surface area contributed by atoms with Crippen LogP contribution in [0.2, 0.25) is 0 Å². The van der Waals surface area contributed by atoms with Gasteiger partial charge in [-0.05, 0) is 49.6 Å². The van der Waals surface area contributed by atoms with Crippen LogP contribution in [-0.2, 0) is 0 Å². The third kappa shape index (κ3) is 4.72. The normalized spacial score (nSPS) is 14.9. The molecule has 0 spiro atoms. The van der Waals surface area contributed by atoms with Gasteiger partial charge in [0.05, 0.1) is 11.9 Å². The molecule has 3 rings (SSSR count). The Morgan fingerprint density at radius 2 is 1.92 bits per heavy atom. The number of amides is 2. The van der Waals surface area contributed by atoms with E-state index in [1.54, 1.807) is 6.20 Å². The summed E-state index contributed by atoms with van der Waals surface area (Å²) in [5.41, 5.74) is 2.88. The molecule has 1 aliphatic rings. The van der Waals surface area contributed by atoms with Crippen LogP contribution in [0.3, 0.4) is 0 Å². The second kappa shape index (κ2) is 7.81. The molecule has 0 unspecified atom stereocenters. The third-order valence-electron chi connectivity index (χ3n) is 4.25. The Bertz CT molecular complexity index is 678. The molecule has 24 heavy (non-hydrogen) atoms. The first-order valence-corrected chi connectivity index (χ1v) is 8.56. The second-order valence-electron chi connectivity index (χ2n) is 6.36. The van der Waals surface area contributed by atoms with Crippen molar-refractivity contribution in [1.29, 1.82) is 0 Å². The summed E-state index contributed by atoms with van der Waals surface area (Å²) in [6.07, 6.45) is 7.49. The maximum absolute atomic E-state index is 12.0. The number of rotatable bonds is 4. The van der Waals surface area contributed by atoms with Crippen LogP contribution >= 0.6 is 0 Å². The summed E-state index contributed by atoms with van der Waals surface area (Å²) in [6.45, 7) is 2.05. The molecule has 0 atom stereocenters. The van der Waals surface area contributed by atoms with E-state index in [9.17, 15) is 4.79 Å². The number of benzene rings is 1. The fourth-order valence-electron chi connectivity index (χ4n) is 3.01. The number of nitrogens with one attached hydrogen (secondary N) is 3. The Balaban J connectivity index is 1.53. The van der Waals surface area contributed by atoms with Gasteiger partial charge >= 0.3 is 6.03 Å². The van der Waals surface area contributed by atoms with Gasteiger partial charge in [0.15, 0.2) is 0 Å². The summed E-state index contributed by atoms with van der Waals surface area (Å²) in [7, 11) is 0. The van der Waals surface area contributed by atoms with E-state index in [1.165, 1.54) is 24.8 Å². The van der Waals surface area contributed by atoms with E-state index in [0.717, 1.165) is 24.3 Å². The van der Waals surface area contributed by atoms with E-state index in [1.807, 2.05) is 24.3 Å². The molecule has 1 heterocycles. The van der Waals surface area contributed by atoms with Crippen LogP contribution in [0.25, 0.3) is 0 Å². The predicted molar refractivity (Wildman–Crippen MR) is 97.7 cm³/mol. The molecular formula is C19H24N4O. The SMILES string of the molecule is Cc1cccc(Nc2ccc(NC(=O)NC3CCCCC3)cn2)c1. The van der Waals surface area contributed by atoms with E-state index >= 15 is 0 Å². The lowest BCUT2D eigenvalue weighted by Crippen LogP contribution is -2.39. The molecule has 5 heteroatoms. The molecule has 5 nitrogen and oxygen atoms in total. The van der Waals surface area contributed by atoms with Crippen LogP contribution < -0.4 is 16.0 Å². The molecule has 0 aliphatic heterocycles. The average molecular weight is 324 g/mol. The van der Waals surface area contributed by atoms with Crippen LogP contribution in [0.4, 0.5) is 22.0 Å². The van der Waals surface area contributed by atoms with Gasteiger partial charge in [0.1, 0.15) is 5.82 Å². The number of urea groups is 1. The lowest BCUT2D eigenvalue weighted by Gasteiger charge is -2.22. The van der Waals surface area contributed by atoms with E-state index < -0.39 is 0 Å². The zero-order valence-corrected chi connectivity index (χ0v) is 14.0. The largest absolute Gasteiger partial charge is 0.340 e. The lowest BCUT2D eigenvalue weighted by atomic mass is 9.96. The van der Waals surface area contributed by atoms with Gasteiger partial charge in [-0.2, -0.15) is 0 Å². The third-order valence-corrected chi connectivity index (χ3v) is 4.25. The first-order valence-electron chi connectivity index (χ1n) is 8.56. The molecule has 0 saturated heterocycles. The first kappa shape index (κ1) is 16.3. The number of nitrogens with zero attached hydrogens (tertiary/aromatic N) is 1. The molecule has 3 N–H and O–H groups in total. The van der Waals surface area contributed by atoms with Crippen molar-refractivity contribution >= 4 is 23.2 Å². The monoisotopic (exact) mass is 324 g/mol. The van der Waals surface area contributed by atoms with Crippen molar-refractivity contribution in [3.05, 3.63) is 48.2 Å². The zero-order valence-electron chi connectivity index (χ0n) is 14.0. The Labute approximate surface area is 142 Å². The maximum Gasteiger partial charge on any atom is 0.319 e. The highest BCUT2D eigenvalue weighted by molar-refractivity contribution is 5.89. The van der Waals surface area contributed by atoms with Crippen molar-refractivity contribution in [1.82, 2.24) is 10.3 Å². The molecule has 126 valence electrons. The van der Waals surface area contributed by atoms with Gasteiger partial charge in [-0.15, -0.1) is 0 Å². The molecular weight excluding hydrogens is 300 g/mol. The number of carbonyl (C=O) groups is 1. The van der Waals surface area contributed by atoms with Gasteiger partial charge in [-0.1, -0.05) is 31.4 Å². The van der Waals surface area contributed by atoms with Gasteiger partial charge in [0.25, 0.3) is 0 Å². The van der Waals surface area contributed by atoms with Crippen LogP contribution in [0.15, 0.2) is 42.6 Å². The van der Waals surface area contributed by atoms with Gasteiger partial charge in [-0.25, -0.2) is 9.78 Å². The van der Waals surface area contributed by atoms with E-state index in [2.05, 4.69) is 40.0 Å². The Morgan fingerprint density at radius 3 is 2.62 bits per heavy atom. The highest BCUT2D eigenvalue weighted by Crippen LogP contribution is 2.19. The number of hydrogen-bond donors (Lipinski definition) is 3. The maximum atomic E-state index is 12.0. The summed E-state index contributed by atoms with van der Waals surface area (Å²) < 4.78 is 0. The highest BCUT2D eigenvalue weighted by atomic mass is 16.2. The summed E-state index contributed by atoms with van der Waals surface area (Å²) >= 11 is 0. The lowest BCUT2D eigenvalue weighted by molar-refractivity contribution is 0.244. The van der Waals surface area contributed by atoms with Gasteiger partial charge in [0.2, 0.25) is 0 Å². The number of anilines is 3. The Kier molecular flexibility index (Phi) is 5.31. The number of carbonyl (C=O) groups excluding carboxylic acids is 1. The Hall–Kier alpha value is -2.56. The van der Waals surface area contributed by atoms with Crippen molar-refractivity contribution in [2.75, 3.05) is 10.6 Å². The molecule has 0 radical (unpaired) electrons. The van der Waals surface area contributed by atoms with Crippen molar-refractivity contribution < 1.29 is 4.79 Å². The number of hydrogen-bond acceptors (Lipinski definition) is 3. The van der Waals surface area contributed by atoms with Crippen LogP contribution in [-0.4, -0.2) is 17.1 Å². The number of pyridine rings is 1. The second-order valence-corrected chi connectivity index (χ2v) is 6.36.